The van der Waals surface area contributed by atoms with Crippen LogP contribution >= 0.6 is 11.8 Å². The monoisotopic (exact) mass is 335 g/mol. The third kappa shape index (κ3) is 3.64. The number of nitrogens with one attached hydrogen (secondary N) is 1. The van der Waals surface area contributed by atoms with Crippen molar-refractivity contribution in [2.45, 2.75) is 18.9 Å². The summed E-state index contributed by atoms with van der Waals surface area (Å²) in [5.74, 6) is -0.108. The van der Waals surface area contributed by atoms with Crippen molar-refractivity contribution in [1.29, 1.82) is 0 Å². The number of hydrogen-bond acceptors (Lipinski definition) is 5. The molecule has 2 fully saturated rings. The average molecular weight is 335 g/mol. The summed E-state index contributed by atoms with van der Waals surface area (Å²) in [6.07, 6.45) is 3.59. The van der Waals surface area contributed by atoms with Crippen molar-refractivity contribution >= 4 is 29.5 Å². The fraction of sp³-hybridized carbons (Fsp3) is 0.467. The van der Waals surface area contributed by atoms with Gasteiger partial charge in [-0.25, -0.2) is 9.78 Å². The van der Waals surface area contributed by atoms with Crippen molar-refractivity contribution < 1.29 is 19.5 Å². The first-order valence-corrected chi connectivity index (χ1v) is 8.57. The van der Waals surface area contributed by atoms with E-state index < -0.39 is 12.0 Å². The molecule has 1 saturated carbocycles. The zero-order valence-corrected chi connectivity index (χ0v) is 13.2. The van der Waals surface area contributed by atoms with E-state index in [1.807, 2.05) is 0 Å². The molecular formula is C15H17N3O4S. The Hall–Kier alpha value is -2.09. The summed E-state index contributed by atoms with van der Waals surface area (Å²) in [6, 6.07) is 2.21. The van der Waals surface area contributed by atoms with Gasteiger partial charge in [0.05, 0.1) is 5.88 Å². The number of thioether (sulfide) groups is 1. The Morgan fingerprint density at radius 1 is 1.39 bits per heavy atom. The second-order valence-corrected chi connectivity index (χ2v) is 6.71. The van der Waals surface area contributed by atoms with Crippen molar-refractivity contribution in [3.8, 4) is 0 Å². The highest BCUT2D eigenvalue weighted by atomic mass is 32.2. The molecule has 1 atom stereocenters. The fourth-order valence-corrected chi connectivity index (χ4v) is 3.54. The molecule has 2 N–H and O–H groups in total. The molecule has 3 rings (SSSR count). The van der Waals surface area contributed by atoms with E-state index in [-0.39, 0.29) is 23.1 Å². The van der Waals surface area contributed by atoms with Gasteiger partial charge in [-0.1, -0.05) is 0 Å². The lowest BCUT2D eigenvalue weighted by Gasteiger charge is -2.23. The molecule has 1 aliphatic carbocycles. The van der Waals surface area contributed by atoms with Crippen LogP contribution in [0.25, 0.3) is 0 Å². The number of hydrogen-bond donors (Lipinski definition) is 2. The number of pyridine rings is 1. The van der Waals surface area contributed by atoms with Gasteiger partial charge in [0.25, 0.3) is 5.91 Å². The molecule has 2 amide bonds. The van der Waals surface area contributed by atoms with Crippen molar-refractivity contribution in [2.75, 3.05) is 18.2 Å². The minimum atomic E-state index is -1.19. The zero-order valence-electron chi connectivity index (χ0n) is 12.4. The molecule has 8 heteroatoms. The lowest BCUT2D eigenvalue weighted by molar-refractivity contribution is -0.124. The molecule has 0 bridgehead atoms. The van der Waals surface area contributed by atoms with E-state index >= 15 is 0 Å². The van der Waals surface area contributed by atoms with Crippen molar-refractivity contribution in [3.05, 3.63) is 29.6 Å². The third-order valence-corrected chi connectivity index (χ3v) is 4.95. The quantitative estimate of drug-likeness (QED) is 0.826. The number of carbonyl (C=O) groups excluding carboxylic acids is 2. The summed E-state index contributed by atoms with van der Waals surface area (Å²) in [5.41, 5.74) is 0.0531. The lowest BCUT2D eigenvalue weighted by atomic mass is 10.1. The molecule has 1 aromatic heterocycles. The van der Waals surface area contributed by atoms with Gasteiger partial charge >= 0.3 is 5.97 Å². The Balaban J connectivity index is 1.70. The number of carbonyl (C=O) groups is 3. The van der Waals surface area contributed by atoms with Crippen LogP contribution < -0.4 is 5.32 Å². The summed E-state index contributed by atoms with van der Waals surface area (Å²) >= 11 is 1.51. The number of rotatable bonds is 5. The Morgan fingerprint density at radius 2 is 2.17 bits per heavy atom. The Morgan fingerprint density at radius 3 is 2.87 bits per heavy atom. The minimum absolute atomic E-state index is 0.136. The Labute approximate surface area is 137 Å². The van der Waals surface area contributed by atoms with Gasteiger partial charge < -0.3 is 15.3 Å². The van der Waals surface area contributed by atoms with Crippen LogP contribution in [0.5, 0.6) is 0 Å². The van der Waals surface area contributed by atoms with E-state index in [1.165, 1.54) is 35.0 Å². The van der Waals surface area contributed by atoms with Crippen LogP contribution in [0.1, 0.15) is 33.7 Å². The molecule has 122 valence electrons. The van der Waals surface area contributed by atoms with Gasteiger partial charge in [-0.05, 0) is 30.9 Å². The first-order valence-electron chi connectivity index (χ1n) is 7.42. The molecular weight excluding hydrogens is 318 g/mol. The predicted molar refractivity (Wildman–Crippen MR) is 84.2 cm³/mol. The summed E-state index contributed by atoms with van der Waals surface area (Å²) in [4.78, 5) is 41.0. The normalized spacial score (nSPS) is 20.3. The van der Waals surface area contributed by atoms with Crippen LogP contribution in [-0.2, 0) is 4.79 Å². The highest BCUT2D eigenvalue weighted by Gasteiger charge is 2.36. The predicted octanol–water partition coefficient (Wildman–Crippen LogP) is 0.821. The van der Waals surface area contributed by atoms with Crippen LogP contribution in [0.15, 0.2) is 18.3 Å². The van der Waals surface area contributed by atoms with E-state index in [0.717, 1.165) is 12.8 Å². The van der Waals surface area contributed by atoms with Gasteiger partial charge in [0.1, 0.15) is 11.7 Å². The topological polar surface area (TPSA) is 99.6 Å². The number of aromatic nitrogens is 1. The van der Waals surface area contributed by atoms with Crippen LogP contribution in [0.4, 0.5) is 0 Å². The Bertz CT molecular complexity index is 647. The van der Waals surface area contributed by atoms with Crippen LogP contribution in [0.3, 0.4) is 0 Å². The lowest BCUT2D eigenvalue weighted by Crippen LogP contribution is -2.47. The van der Waals surface area contributed by atoms with Gasteiger partial charge in [-0.2, -0.15) is 0 Å². The zero-order chi connectivity index (χ0) is 16.4. The molecule has 1 aromatic rings. The molecule has 0 radical (unpaired) electrons. The largest absolute Gasteiger partial charge is 0.477 e. The molecule has 1 aliphatic heterocycles. The second kappa shape index (κ2) is 6.57. The Kier molecular flexibility index (Phi) is 4.51. The standard InChI is InChI=1S/C15H17N3O4S/c19-13(17-6-9-1-2-9)12-7-23-8-18(12)14(20)10-3-4-16-11(5-10)15(21)22/h3-5,9,12H,1-2,6-8H2,(H,17,19)(H,21,22). The minimum Gasteiger partial charge on any atom is -0.477 e. The maximum absolute atomic E-state index is 12.6. The molecule has 7 nitrogen and oxygen atoms in total. The summed E-state index contributed by atoms with van der Waals surface area (Å²) in [6.45, 7) is 0.667. The smallest absolute Gasteiger partial charge is 0.354 e. The first-order chi connectivity index (χ1) is 11.1. The van der Waals surface area contributed by atoms with E-state index in [0.29, 0.717) is 24.1 Å². The molecule has 1 saturated heterocycles. The molecule has 2 aliphatic rings. The van der Waals surface area contributed by atoms with E-state index in [1.54, 1.807) is 0 Å². The van der Waals surface area contributed by atoms with Gasteiger partial charge in [-0.3, -0.25) is 9.59 Å². The van der Waals surface area contributed by atoms with Crippen molar-refractivity contribution in [1.82, 2.24) is 15.2 Å². The maximum atomic E-state index is 12.6. The van der Waals surface area contributed by atoms with E-state index in [9.17, 15) is 14.4 Å². The van der Waals surface area contributed by atoms with Crippen molar-refractivity contribution in [3.63, 3.8) is 0 Å². The van der Waals surface area contributed by atoms with Gasteiger partial charge in [-0.15, -0.1) is 11.8 Å². The summed E-state index contributed by atoms with van der Waals surface area (Å²) < 4.78 is 0. The summed E-state index contributed by atoms with van der Waals surface area (Å²) in [7, 11) is 0. The highest BCUT2D eigenvalue weighted by Crippen LogP contribution is 2.28. The molecule has 1 unspecified atom stereocenters. The average Bonchev–Trinajstić information content (AvgIpc) is 3.26. The molecule has 0 spiro atoms. The SMILES string of the molecule is O=C(O)c1cc(C(=O)N2CSCC2C(=O)NCC2CC2)ccn1. The molecule has 23 heavy (non-hydrogen) atoms. The molecule has 0 aromatic carbocycles. The first kappa shape index (κ1) is 15.8. The van der Waals surface area contributed by atoms with Crippen LogP contribution in [0.2, 0.25) is 0 Å². The van der Waals surface area contributed by atoms with E-state index in [2.05, 4.69) is 10.3 Å². The maximum Gasteiger partial charge on any atom is 0.354 e. The van der Waals surface area contributed by atoms with Gasteiger partial charge in [0.2, 0.25) is 5.91 Å². The molecule has 2 heterocycles. The van der Waals surface area contributed by atoms with Gasteiger partial charge in [0.15, 0.2) is 0 Å². The number of amides is 2. The number of carboxylic acid groups (broad SMARTS) is 1. The number of aromatic carboxylic acids is 1. The number of carboxylic acids is 1. The fourth-order valence-electron chi connectivity index (χ4n) is 2.39. The van der Waals surface area contributed by atoms with Crippen LogP contribution in [-0.4, -0.2) is 57.0 Å². The van der Waals surface area contributed by atoms with Gasteiger partial charge in [0, 0.05) is 24.1 Å². The van der Waals surface area contributed by atoms with Crippen LogP contribution in [0, 0.1) is 5.92 Å². The van der Waals surface area contributed by atoms with Crippen molar-refractivity contribution in [2.24, 2.45) is 5.92 Å². The summed E-state index contributed by atoms with van der Waals surface area (Å²) in [5, 5.41) is 11.9. The second-order valence-electron chi connectivity index (χ2n) is 5.71. The third-order valence-electron chi connectivity index (χ3n) is 3.93. The number of nitrogens with zero attached hydrogens (tertiary/aromatic N) is 2. The highest BCUT2D eigenvalue weighted by molar-refractivity contribution is 7.99. The van der Waals surface area contributed by atoms with E-state index in [4.69, 9.17) is 5.11 Å².